The number of carbonyl (C=O) groups is 1. The normalized spacial score (nSPS) is 15.5. The summed E-state index contributed by atoms with van der Waals surface area (Å²) in [4.78, 5) is 23.7. The lowest BCUT2D eigenvalue weighted by atomic mass is 9.87. The summed E-state index contributed by atoms with van der Waals surface area (Å²) in [5.41, 5.74) is 6.32. The number of benzene rings is 1. The number of allylic oxidation sites excluding steroid dienone is 1. The number of rotatable bonds is 3. The van der Waals surface area contributed by atoms with Gasteiger partial charge in [-0.25, -0.2) is 9.97 Å². The fourth-order valence-corrected chi connectivity index (χ4v) is 4.15. The van der Waals surface area contributed by atoms with Crippen molar-refractivity contribution < 1.29 is 4.79 Å². The molecule has 0 atom stereocenters. The van der Waals surface area contributed by atoms with E-state index in [9.17, 15) is 4.79 Å². The fraction of sp³-hybridized carbons (Fsp3) is 0.381. The van der Waals surface area contributed by atoms with Crippen LogP contribution in [-0.2, 0) is 4.79 Å². The van der Waals surface area contributed by atoms with Crippen LogP contribution in [0, 0.1) is 20.8 Å². The number of hydrogen-bond acceptors (Lipinski definition) is 4. The fourth-order valence-electron chi connectivity index (χ4n) is 3.43. The molecule has 4 nitrogen and oxygen atoms in total. The van der Waals surface area contributed by atoms with E-state index in [1.54, 1.807) is 6.20 Å². The molecule has 1 aliphatic rings. The van der Waals surface area contributed by atoms with E-state index in [0.29, 0.717) is 10.9 Å². The molecular formula is C21H25N3OS. The Balaban J connectivity index is 1.93. The highest BCUT2D eigenvalue weighted by atomic mass is 32.2. The predicted molar refractivity (Wildman–Crippen MR) is 109 cm³/mol. The van der Waals surface area contributed by atoms with Gasteiger partial charge in [-0.2, -0.15) is 0 Å². The van der Waals surface area contributed by atoms with E-state index < -0.39 is 0 Å². The zero-order chi connectivity index (χ0) is 19.1. The molecule has 2 aromatic rings. The van der Waals surface area contributed by atoms with Gasteiger partial charge < -0.3 is 4.90 Å². The Morgan fingerprint density at radius 1 is 1.15 bits per heavy atom. The predicted octanol–water partition coefficient (Wildman–Crippen LogP) is 4.72. The van der Waals surface area contributed by atoms with Gasteiger partial charge in [0.05, 0.1) is 17.0 Å². The van der Waals surface area contributed by atoms with Crippen molar-refractivity contribution in [2.45, 2.75) is 52.2 Å². The number of aromatic nitrogens is 2. The molecule has 0 saturated carbocycles. The van der Waals surface area contributed by atoms with E-state index in [0.717, 1.165) is 16.9 Å². The van der Waals surface area contributed by atoms with E-state index in [4.69, 9.17) is 0 Å². The minimum atomic E-state index is -0.371. The highest BCUT2D eigenvalue weighted by molar-refractivity contribution is 7.99. The molecule has 2 heterocycles. The minimum absolute atomic E-state index is 0.0679. The number of carbonyl (C=O) groups excluding carboxylic acids is 1. The van der Waals surface area contributed by atoms with Crippen LogP contribution in [0.1, 0.15) is 43.2 Å². The Bertz CT molecular complexity index is 902. The molecule has 1 aliphatic heterocycles. The molecule has 0 aliphatic carbocycles. The molecule has 1 aromatic heterocycles. The molecule has 0 spiro atoms. The molecule has 26 heavy (non-hydrogen) atoms. The molecule has 0 fully saturated rings. The first-order chi connectivity index (χ1) is 12.2. The lowest BCUT2D eigenvalue weighted by Gasteiger charge is -2.42. The Hall–Kier alpha value is -2.14. The van der Waals surface area contributed by atoms with E-state index >= 15 is 0 Å². The van der Waals surface area contributed by atoms with Crippen LogP contribution in [0.5, 0.6) is 0 Å². The molecule has 0 saturated heterocycles. The largest absolute Gasteiger partial charge is 0.302 e. The molecular weight excluding hydrogens is 342 g/mol. The molecule has 136 valence electrons. The third kappa shape index (κ3) is 3.54. The van der Waals surface area contributed by atoms with Gasteiger partial charge in [0.1, 0.15) is 0 Å². The number of hydrogen-bond donors (Lipinski definition) is 0. The maximum absolute atomic E-state index is 13.2. The Morgan fingerprint density at radius 2 is 1.85 bits per heavy atom. The number of aryl methyl sites for hydroxylation is 3. The van der Waals surface area contributed by atoms with Crippen molar-refractivity contribution in [1.82, 2.24) is 9.97 Å². The zero-order valence-corrected chi connectivity index (χ0v) is 17.1. The van der Waals surface area contributed by atoms with Crippen molar-refractivity contribution in [3.8, 4) is 0 Å². The molecule has 0 unspecified atom stereocenters. The highest BCUT2D eigenvalue weighted by Gasteiger charge is 2.35. The van der Waals surface area contributed by atoms with Gasteiger partial charge in [0.2, 0.25) is 5.91 Å². The van der Waals surface area contributed by atoms with Crippen LogP contribution in [0.15, 0.2) is 35.6 Å². The van der Waals surface area contributed by atoms with Crippen LogP contribution in [-0.4, -0.2) is 27.2 Å². The van der Waals surface area contributed by atoms with Gasteiger partial charge in [-0.3, -0.25) is 4.79 Å². The van der Waals surface area contributed by atoms with E-state index in [1.165, 1.54) is 28.5 Å². The van der Waals surface area contributed by atoms with E-state index in [2.05, 4.69) is 62.8 Å². The van der Waals surface area contributed by atoms with E-state index in [1.807, 2.05) is 17.9 Å². The first-order valence-corrected chi connectivity index (χ1v) is 9.74. The molecule has 3 rings (SSSR count). The average molecular weight is 368 g/mol. The van der Waals surface area contributed by atoms with Gasteiger partial charge in [0.15, 0.2) is 5.16 Å². The number of anilines is 1. The Kier molecular flexibility index (Phi) is 4.93. The Morgan fingerprint density at radius 3 is 2.54 bits per heavy atom. The third-order valence-corrected chi connectivity index (χ3v) is 5.62. The zero-order valence-electron chi connectivity index (χ0n) is 16.3. The summed E-state index contributed by atoms with van der Waals surface area (Å²) in [5, 5.41) is 0.639. The summed E-state index contributed by atoms with van der Waals surface area (Å²) >= 11 is 1.39. The van der Waals surface area contributed by atoms with Crippen LogP contribution in [0.25, 0.3) is 5.57 Å². The lowest BCUT2D eigenvalue weighted by Crippen LogP contribution is -2.49. The van der Waals surface area contributed by atoms with Gasteiger partial charge in [-0.15, -0.1) is 0 Å². The number of fused-ring (bicyclic) bond motifs is 1. The van der Waals surface area contributed by atoms with Gasteiger partial charge in [-0.1, -0.05) is 17.8 Å². The number of amides is 1. The standard InChI is InChI=1S/C21H25N3OS/c1-13-9-17-15(3)11-21(5,6)24(18(17)10-14(13)2)19(25)12-26-20-22-8-7-16(4)23-20/h7-11H,12H2,1-6H3. The SMILES string of the molecule is CC1=CC(C)(C)N(C(=O)CSc2nccc(C)n2)c2cc(C)c(C)cc21. The van der Waals surface area contributed by atoms with Crippen molar-refractivity contribution in [1.29, 1.82) is 0 Å². The maximum Gasteiger partial charge on any atom is 0.238 e. The van der Waals surface area contributed by atoms with Gasteiger partial charge >= 0.3 is 0 Å². The lowest BCUT2D eigenvalue weighted by molar-refractivity contribution is -0.116. The molecule has 1 amide bonds. The summed E-state index contributed by atoms with van der Waals surface area (Å²) < 4.78 is 0. The molecule has 5 heteroatoms. The van der Waals surface area contributed by atoms with Gasteiger partial charge in [-0.05, 0) is 76.4 Å². The first-order valence-electron chi connectivity index (χ1n) is 8.75. The van der Waals surface area contributed by atoms with Crippen molar-refractivity contribution >= 4 is 28.9 Å². The third-order valence-electron chi connectivity index (χ3n) is 4.77. The van der Waals surface area contributed by atoms with Crippen LogP contribution in [0.2, 0.25) is 0 Å². The second kappa shape index (κ2) is 6.88. The molecule has 0 bridgehead atoms. The monoisotopic (exact) mass is 367 g/mol. The van der Waals surface area contributed by atoms with Crippen molar-refractivity contribution in [3.05, 3.63) is 52.9 Å². The average Bonchev–Trinajstić information content (AvgIpc) is 2.54. The maximum atomic E-state index is 13.2. The topological polar surface area (TPSA) is 46.1 Å². The second-order valence-electron chi connectivity index (χ2n) is 7.43. The second-order valence-corrected chi connectivity index (χ2v) is 8.38. The summed E-state index contributed by atoms with van der Waals surface area (Å²) in [6, 6.07) is 6.17. The summed E-state index contributed by atoms with van der Waals surface area (Å²) in [6.45, 7) is 12.4. The van der Waals surface area contributed by atoms with Crippen LogP contribution >= 0.6 is 11.8 Å². The minimum Gasteiger partial charge on any atom is -0.302 e. The van der Waals surface area contributed by atoms with Crippen LogP contribution in [0.4, 0.5) is 5.69 Å². The number of nitrogens with zero attached hydrogens (tertiary/aromatic N) is 3. The summed E-state index contributed by atoms with van der Waals surface area (Å²) in [5.74, 6) is 0.380. The summed E-state index contributed by atoms with van der Waals surface area (Å²) in [7, 11) is 0. The first kappa shape index (κ1) is 18.6. The van der Waals surface area contributed by atoms with Crippen molar-refractivity contribution in [3.63, 3.8) is 0 Å². The van der Waals surface area contributed by atoms with Crippen molar-refractivity contribution in [2.75, 3.05) is 10.7 Å². The highest BCUT2D eigenvalue weighted by Crippen LogP contribution is 2.40. The quantitative estimate of drug-likeness (QED) is 0.581. The van der Waals surface area contributed by atoms with Crippen LogP contribution in [0.3, 0.4) is 0 Å². The smallest absolute Gasteiger partial charge is 0.238 e. The van der Waals surface area contributed by atoms with E-state index in [-0.39, 0.29) is 11.4 Å². The van der Waals surface area contributed by atoms with Gasteiger partial charge in [0, 0.05) is 17.5 Å². The summed E-state index contributed by atoms with van der Waals surface area (Å²) in [6.07, 6.45) is 3.91. The molecule has 0 radical (unpaired) electrons. The molecule has 0 N–H and O–H groups in total. The van der Waals surface area contributed by atoms with Gasteiger partial charge in [0.25, 0.3) is 0 Å². The van der Waals surface area contributed by atoms with Crippen molar-refractivity contribution in [2.24, 2.45) is 0 Å². The van der Waals surface area contributed by atoms with Crippen LogP contribution < -0.4 is 4.90 Å². The Labute approximate surface area is 159 Å². The number of thioether (sulfide) groups is 1. The molecule has 1 aromatic carbocycles.